The van der Waals surface area contributed by atoms with Crippen molar-refractivity contribution in [3.05, 3.63) is 29.3 Å². The van der Waals surface area contributed by atoms with E-state index in [1.807, 2.05) is 11.0 Å². The van der Waals surface area contributed by atoms with Crippen LogP contribution in [0.1, 0.15) is 52.8 Å². The van der Waals surface area contributed by atoms with E-state index in [1.54, 1.807) is 12.1 Å². The van der Waals surface area contributed by atoms with Gasteiger partial charge in [0, 0.05) is 52.1 Å². The highest BCUT2D eigenvalue weighted by Gasteiger charge is 2.46. The van der Waals surface area contributed by atoms with Gasteiger partial charge >= 0.3 is 0 Å². The molecule has 0 spiro atoms. The first-order chi connectivity index (χ1) is 16.4. The number of piperidine rings is 2. The van der Waals surface area contributed by atoms with Gasteiger partial charge in [-0.05, 0) is 37.3 Å². The molecule has 2 N–H and O–H groups in total. The number of hydrogen-bond donors (Lipinski definition) is 2. The molecule has 0 bridgehead atoms. The van der Waals surface area contributed by atoms with Gasteiger partial charge in [0.25, 0.3) is 11.8 Å². The molecule has 3 saturated heterocycles. The van der Waals surface area contributed by atoms with Crippen molar-refractivity contribution in [2.75, 3.05) is 44.2 Å². The summed E-state index contributed by atoms with van der Waals surface area (Å²) in [6.07, 6.45) is 2.44. The zero-order chi connectivity index (χ0) is 23.8. The third-order valence-corrected chi connectivity index (χ3v) is 7.33. The predicted molar refractivity (Wildman–Crippen MR) is 122 cm³/mol. The first-order valence-electron chi connectivity index (χ1n) is 12.0. The number of piperazine rings is 1. The van der Waals surface area contributed by atoms with Crippen LogP contribution in [0, 0.1) is 5.92 Å². The van der Waals surface area contributed by atoms with Crippen molar-refractivity contribution in [3.63, 3.8) is 0 Å². The van der Waals surface area contributed by atoms with Crippen LogP contribution in [0.15, 0.2) is 18.2 Å². The molecular formula is C24H29N5O5. The molecule has 0 aromatic heterocycles. The van der Waals surface area contributed by atoms with Crippen LogP contribution in [0.4, 0.5) is 5.69 Å². The Morgan fingerprint density at radius 2 is 1.68 bits per heavy atom. The summed E-state index contributed by atoms with van der Waals surface area (Å²) >= 11 is 0. The van der Waals surface area contributed by atoms with Gasteiger partial charge in [0.2, 0.25) is 17.7 Å². The summed E-state index contributed by atoms with van der Waals surface area (Å²) in [5.41, 5.74) is 1.31. The molecule has 5 rings (SSSR count). The highest BCUT2D eigenvalue weighted by Crippen LogP contribution is 2.36. The van der Waals surface area contributed by atoms with Crippen molar-refractivity contribution in [1.29, 1.82) is 0 Å². The average molecular weight is 468 g/mol. The molecule has 1 aromatic carbocycles. The fourth-order valence-electron chi connectivity index (χ4n) is 5.43. The van der Waals surface area contributed by atoms with Crippen LogP contribution in [0.3, 0.4) is 0 Å². The molecule has 3 fully saturated rings. The van der Waals surface area contributed by atoms with Gasteiger partial charge in [-0.2, -0.15) is 0 Å². The first-order valence-corrected chi connectivity index (χ1v) is 12.0. The van der Waals surface area contributed by atoms with Crippen LogP contribution < -0.4 is 15.5 Å². The number of fused-ring (bicyclic) bond motifs is 1. The van der Waals surface area contributed by atoms with Gasteiger partial charge in [-0.3, -0.25) is 34.2 Å². The van der Waals surface area contributed by atoms with Crippen molar-refractivity contribution in [2.45, 2.75) is 38.1 Å². The lowest BCUT2D eigenvalue weighted by Gasteiger charge is -2.35. The highest BCUT2D eigenvalue weighted by atomic mass is 16.2. The number of carbonyl (C=O) groups is 5. The first kappa shape index (κ1) is 22.5. The van der Waals surface area contributed by atoms with E-state index >= 15 is 0 Å². The van der Waals surface area contributed by atoms with Crippen molar-refractivity contribution >= 4 is 35.2 Å². The van der Waals surface area contributed by atoms with Crippen LogP contribution in [-0.4, -0.2) is 84.6 Å². The number of benzene rings is 1. The van der Waals surface area contributed by atoms with E-state index in [-0.39, 0.29) is 18.7 Å². The van der Waals surface area contributed by atoms with E-state index < -0.39 is 29.7 Å². The normalized spacial score (nSPS) is 23.9. The van der Waals surface area contributed by atoms with E-state index in [0.29, 0.717) is 42.2 Å². The fraction of sp³-hybridized carbons (Fsp3) is 0.542. The second-order valence-electron chi connectivity index (χ2n) is 9.41. The number of nitrogens with one attached hydrogen (secondary N) is 2. The Morgan fingerprint density at radius 3 is 2.38 bits per heavy atom. The zero-order valence-electron chi connectivity index (χ0n) is 19.0. The average Bonchev–Trinajstić information content (AvgIpc) is 3.10. The van der Waals surface area contributed by atoms with Crippen LogP contribution in [0.5, 0.6) is 0 Å². The smallest absolute Gasteiger partial charge is 0.264 e. The molecular weight excluding hydrogens is 438 g/mol. The molecule has 10 heteroatoms. The summed E-state index contributed by atoms with van der Waals surface area (Å²) in [5.74, 6) is -1.47. The minimum Gasteiger partial charge on any atom is -0.371 e. The monoisotopic (exact) mass is 467 g/mol. The van der Waals surface area contributed by atoms with Crippen molar-refractivity contribution in [3.8, 4) is 0 Å². The third-order valence-electron chi connectivity index (χ3n) is 7.33. The molecule has 1 atom stereocenters. The molecule has 34 heavy (non-hydrogen) atoms. The van der Waals surface area contributed by atoms with Crippen LogP contribution >= 0.6 is 0 Å². The highest BCUT2D eigenvalue weighted by molar-refractivity contribution is 6.25. The van der Waals surface area contributed by atoms with E-state index in [1.165, 1.54) is 0 Å². The Bertz CT molecular complexity index is 1040. The third kappa shape index (κ3) is 4.06. The second-order valence-corrected chi connectivity index (χ2v) is 9.41. The van der Waals surface area contributed by atoms with Crippen molar-refractivity contribution in [1.82, 2.24) is 20.4 Å². The minimum atomic E-state index is -0.973. The van der Waals surface area contributed by atoms with Crippen molar-refractivity contribution < 1.29 is 24.0 Å². The molecule has 10 nitrogen and oxygen atoms in total. The predicted octanol–water partition coefficient (Wildman–Crippen LogP) is 0.126. The molecule has 0 aliphatic carbocycles. The SMILES string of the molecule is O=C1CCC(N2C(=O)c3cccc(N4CCC(CC(=O)N5CCNCC5)CC4)c3C2=O)C(=O)N1. The quantitative estimate of drug-likeness (QED) is 0.604. The van der Waals surface area contributed by atoms with Crippen LogP contribution in [-0.2, 0) is 14.4 Å². The van der Waals surface area contributed by atoms with E-state index in [4.69, 9.17) is 0 Å². The lowest BCUT2D eigenvalue weighted by atomic mass is 9.92. The number of hydrogen-bond acceptors (Lipinski definition) is 7. The molecule has 4 heterocycles. The maximum atomic E-state index is 13.3. The fourth-order valence-corrected chi connectivity index (χ4v) is 5.43. The Kier molecular flexibility index (Phi) is 6.07. The maximum absolute atomic E-state index is 13.3. The van der Waals surface area contributed by atoms with Crippen LogP contribution in [0.25, 0.3) is 0 Å². The van der Waals surface area contributed by atoms with E-state index in [2.05, 4.69) is 15.5 Å². The molecule has 5 amide bonds. The summed E-state index contributed by atoms with van der Waals surface area (Å²) in [4.78, 5) is 67.9. The van der Waals surface area contributed by atoms with Crippen LogP contribution in [0.2, 0.25) is 0 Å². The van der Waals surface area contributed by atoms with Gasteiger partial charge in [0.1, 0.15) is 6.04 Å². The second kappa shape index (κ2) is 9.17. The lowest BCUT2D eigenvalue weighted by Crippen LogP contribution is -2.54. The molecule has 0 radical (unpaired) electrons. The number of amides is 5. The van der Waals surface area contributed by atoms with Gasteiger partial charge in [0.15, 0.2) is 0 Å². The summed E-state index contributed by atoms with van der Waals surface area (Å²) in [5, 5.41) is 5.49. The topological polar surface area (TPSA) is 119 Å². The van der Waals surface area contributed by atoms with Gasteiger partial charge in [-0.15, -0.1) is 0 Å². The summed E-state index contributed by atoms with van der Waals surface area (Å²) in [6, 6.07) is 4.24. The molecule has 1 aromatic rings. The number of imide groups is 2. The standard InChI is InChI=1S/C24H29N5O5/c30-19-5-4-18(22(32)26-19)29-23(33)16-2-1-3-17(21(16)24(29)34)27-10-6-15(7-11-27)14-20(31)28-12-8-25-9-13-28/h1-3,15,18,25H,4-14H2,(H,26,30,32). The summed E-state index contributed by atoms with van der Waals surface area (Å²) in [7, 11) is 0. The summed E-state index contributed by atoms with van der Waals surface area (Å²) < 4.78 is 0. The molecule has 1 unspecified atom stereocenters. The van der Waals surface area contributed by atoms with E-state index in [0.717, 1.165) is 43.9 Å². The number of rotatable bonds is 4. The molecule has 0 saturated carbocycles. The summed E-state index contributed by atoms with van der Waals surface area (Å²) in [6.45, 7) is 4.57. The van der Waals surface area contributed by atoms with Crippen molar-refractivity contribution in [2.24, 2.45) is 5.92 Å². The Balaban J connectivity index is 1.27. The molecule has 180 valence electrons. The number of nitrogens with zero attached hydrogens (tertiary/aromatic N) is 3. The molecule has 4 aliphatic heterocycles. The van der Waals surface area contributed by atoms with E-state index in [9.17, 15) is 24.0 Å². The Hall–Kier alpha value is -3.27. The largest absolute Gasteiger partial charge is 0.371 e. The van der Waals surface area contributed by atoms with Gasteiger partial charge < -0.3 is 15.1 Å². The van der Waals surface area contributed by atoms with Gasteiger partial charge in [0.05, 0.1) is 16.8 Å². The lowest BCUT2D eigenvalue weighted by molar-refractivity contribution is -0.136. The minimum absolute atomic E-state index is 0.0941. The van der Waals surface area contributed by atoms with Gasteiger partial charge in [-0.25, -0.2) is 0 Å². The number of anilines is 1. The molecule has 4 aliphatic rings. The number of carbonyl (C=O) groups excluding carboxylic acids is 5. The Labute approximate surface area is 197 Å². The maximum Gasteiger partial charge on any atom is 0.264 e. The Morgan fingerprint density at radius 1 is 0.941 bits per heavy atom. The van der Waals surface area contributed by atoms with Gasteiger partial charge in [-0.1, -0.05) is 6.07 Å². The zero-order valence-corrected chi connectivity index (χ0v) is 19.0.